The van der Waals surface area contributed by atoms with E-state index < -0.39 is 34.5 Å². The molecule has 2 amide bonds. The van der Waals surface area contributed by atoms with Crippen molar-refractivity contribution in [3.63, 3.8) is 0 Å². The summed E-state index contributed by atoms with van der Waals surface area (Å²) in [6.07, 6.45) is -1.48. The first-order chi connectivity index (χ1) is 18.6. The van der Waals surface area contributed by atoms with E-state index in [9.17, 15) is 32.9 Å². The standard InChI is InChI=1S/C25H20F3N7O4/c26-25(27,28)16-6-3-8-18-19(16)15(12-34(18)10-4-9-30-24(29)33-35(38)39)21-20(22(36)32-23(21)37)14-11-31-17-7-2-1-5-13(14)17/h1-3,5-8,11-12,31H,4,9-10H2,(H3,29,30,33)(H,32,36,37). The molecule has 0 atom stereocenters. The Hall–Kier alpha value is -5.14. The zero-order valence-corrected chi connectivity index (χ0v) is 20.0. The molecule has 14 heteroatoms. The summed E-state index contributed by atoms with van der Waals surface area (Å²) >= 11 is 0. The van der Waals surface area contributed by atoms with Gasteiger partial charge in [-0.25, -0.2) is 10.1 Å². The Morgan fingerprint density at radius 1 is 1.08 bits per heavy atom. The number of aromatic nitrogens is 2. The number of nitrogens with zero attached hydrogens (tertiary/aromatic N) is 3. The zero-order chi connectivity index (χ0) is 27.9. The summed E-state index contributed by atoms with van der Waals surface area (Å²) < 4.78 is 44.0. The zero-order valence-electron chi connectivity index (χ0n) is 20.0. The number of carbonyl (C=O) groups is 2. The van der Waals surface area contributed by atoms with Gasteiger partial charge in [0.25, 0.3) is 17.8 Å². The van der Waals surface area contributed by atoms with Crippen molar-refractivity contribution in [3.8, 4) is 0 Å². The second-order valence-electron chi connectivity index (χ2n) is 8.72. The largest absolute Gasteiger partial charge is 0.417 e. The lowest BCUT2D eigenvalue weighted by molar-refractivity contribution is -0.485. The number of hydrogen-bond acceptors (Lipinski definition) is 4. The van der Waals surface area contributed by atoms with E-state index in [0.717, 1.165) is 6.07 Å². The molecule has 0 radical (unpaired) electrons. The maximum atomic E-state index is 14.2. The first-order valence-corrected chi connectivity index (χ1v) is 11.6. The number of aromatic amines is 1. The van der Waals surface area contributed by atoms with Crippen molar-refractivity contribution in [2.24, 2.45) is 10.8 Å². The van der Waals surface area contributed by atoms with Crippen molar-refractivity contribution in [2.75, 3.05) is 6.54 Å². The molecule has 0 saturated carbocycles. The number of rotatable bonds is 7. The second kappa shape index (κ2) is 9.63. The topological polar surface area (TPSA) is 160 Å². The lowest BCUT2D eigenvalue weighted by Gasteiger charge is -2.11. The number of hydrogen-bond donors (Lipinski definition) is 4. The van der Waals surface area contributed by atoms with Crippen molar-refractivity contribution in [3.05, 3.63) is 81.7 Å². The third kappa shape index (κ3) is 4.67. The smallest absolute Gasteiger partial charge is 0.365 e. The number of guanidine groups is 1. The number of hydrazone groups is 1. The molecule has 5 rings (SSSR count). The first kappa shape index (κ1) is 25.5. The van der Waals surface area contributed by atoms with Gasteiger partial charge in [-0.15, -0.1) is 0 Å². The molecule has 2 aromatic carbocycles. The molecule has 5 N–H and O–H groups in total. The molecule has 0 fully saturated rings. The number of nitro groups is 1. The van der Waals surface area contributed by atoms with Crippen LogP contribution in [0.1, 0.15) is 23.1 Å². The third-order valence-electron chi connectivity index (χ3n) is 6.34. The summed E-state index contributed by atoms with van der Waals surface area (Å²) in [6, 6.07) is 10.7. The maximum Gasteiger partial charge on any atom is 0.417 e. The van der Waals surface area contributed by atoms with Gasteiger partial charge in [-0.2, -0.15) is 13.2 Å². The summed E-state index contributed by atoms with van der Waals surface area (Å²) in [6.45, 7) is 0.307. The van der Waals surface area contributed by atoms with Crippen molar-refractivity contribution in [1.82, 2.24) is 20.2 Å². The number of aryl methyl sites for hydroxylation is 1. The van der Waals surface area contributed by atoms with Crippen molar-refractivity contribution in [2.45, 2.75) is 19.1 Å². The molecule has 3 heterocycles. The normalized spacial score (nSPS) is 14.5. The number of benzene rings is 2. The number of carbonyl (C=O) groups excluding carboxylic acids is 2. The number of para-hydroxylation sites is 1. The summed E-state index contributed by atoms with van der Waals surface area (Å²) in [5.41, 5.74) is 5.51. The minimum absolute atomic E-state index is 0.0288. The fourth-order valence-corrected chi connectivity index (χ4v) is 4.80. The highest BCUT2D eigenvalue weighted by Crippen LogP contribution is 2.43. The number of H-pyrrole nitrogens is 1. The van der Waals surface area contributed by atoms with E-state index in [1.807, 2.05) is 0 Å². The lowest BCUT2D eigenvalue weighted by atomic mass is 9.94. The molecule has 2 aromatic heterocycles. The summed E-state index contributed by atoms with van der Waals surface area (Å²) in [4.78, 5) is 39.5. The average Bonchev–Trinajstić information content (AvgIpc) is 3.53. The Labute approximate surface area is 217 Å². The van der Waals surface area contributed by atoms with E-state index >= 15 is 0 Å². The number of imide groups is 1. The minimum atomic E-state index is -4.74. The summed E-state index contributed by atoms with van der Waals surface area (Å²) in [7, 11) is 0. The summed E-state index contributed by atoms with van der Waals surface area (Å²) in [5, 5.41) is 17.6. The minimum Gasteiger partial charge on any atom is -0.365 e. The molecule has 1 aliphatic rings. The Morgan fingerprint density at radius 3 is 2.51 bits per heavy atom. The average molecular weight is 539 g/mol. The molecule has 1 aliphatic heterocycles. The number of amides is 2. The number of fused-ring (bicyclic) bond motifs is 2. The predicted octanol–water partition coefficient (Wildman–Crippen LogP) is 3.19. The van der Waals surface area contributed by atoms with Crippen LogP contribution in [0.5, 0.6) is 0 Å². The summed E-state index contributed by atoms with van der Waals surface area (Å²) in [5.74, 6) is -1.93. The van der Waals surface area contributed by atoms with Crippen LogP contribution in [0.2, 0.25) is 0 Å². The van der Waals surface area contributed by atoms with Gasteiger partial charge in [0, 0.05) is 58.4 Å². The van der Waals surface area contributed by atoms with E-state index in [0.29, 0.717) is 22.9 Å². The predicted molar refractivity (Wildman–Crippen MR) is 136 cm³/mol. The molecule has 0 bridgehead atoms. The van der Waals surface area contributed by atoms with E-state index in [-0.39, 0.29) is 40.7 Å². The van der Waals surface area contributed by atoms with Gasteiger partial charge in [-0.1, -0.05) is 24.3 Å². The van der Waals surface area contributed by atoms with Crippen molar-refractivity contribution in [1.29, 1.82) is 0 Å². The van der Waals surface area contributed by atoms with Crippen LogP contribution < -0.4 is 16.4 Å². The molecule has 0 unspecified atom stereocenters. The van der Waals surface area contributed by atoms with Crippen LogP contribution in [0.4, 0.5) is 13.2 Å². The Morgan fingerprint density at radius 2 is 1.79 bits per heavy atom. The van der Waals surface area contributed by atoms with Crippen LogP contribution in [0.3, 0.4) is 0 Å². The number of nitrogens with one attached hydrogen (secondary N) is 3. The fraction of sp³-hybridized carbons (Fsp3) is 0.160. The molecule has 0 aliphatic carbocycles. The van der Waals surface area contributed by atoms with Crippen LogP contribution >= 0.6 is 0 Å². The molecular formula is C25H20F3N7O4. The highest BCUT2D eigenvalue weighted by molar-refractivity contribution is 6.50. The highest BCUT2D eigenvalue weighted by Gasteiger charge is 2.39. The van der Waals surface area contributed by atoms with Gasteiger partial charge in [-0.3, -0.25) is 14.9 Å². The van der Waals surface area contributed by atoms with E-state index in [2.05, 4.69) is 20.7 Å². The molecule has 0 spiro atoms. The van der Waals surface area contributed by atoms with Crippen LogP contribution in [0, 0.1) is 10.1 Å². The highest BCUT2D eigenvalue weighted by atomic mass is 19.4. The Bertz CT molecular complexity index is 1720. The molecular weight excluding hydrogens is 519 g/mol. The van der Waals surface area contributed by atoms with E-state index in [4.69, 9.17) is 5.73 Å². The van der Waals surface area contributed by atoms with Gasteiger partial charge in [-0.05, 0) is 24.6 Å². The monoisotopic (exact) mass is 539 g/mol. The lowest BCUT2D eigenvalue weighted by Crippen LogP contribution is -2.33. The van der Waals surface area contributed by atoms with Gasteiger partial charge in [0.1, 0.15) is 5.10 Å². The van der Waals surface area contributed by atoms with Gasteiger partial charge in [0.05, 0.1) is 16.7 Å². The van der Waals surface area contributed by atoms with Gasteiger partial charge in [0.15, 0.2) is 5.03 Å². The van der Waals surface area contributed by atoms with E-state index in [1.165, 1.54) is 18.3 Å². The van der Waals surface area contributed by atoms with Crippen molar-refractivity contribution < 1.29 is 27.8 Å². The number of nitrogens with two attached hydrogens (primary N) is 1. The fourth-order valence-electron chi connectivity index (χ4n) is 4.80. The Kier molecular flexibility index (Phi) is 6.30. The third-order valence-corrected chi connectivity index (χ3v) is 6.34. The van der Waals surface area contributed by atoms with Crippen LogP contribution in [0.15, 0.2) is 60.0 Å². The van der Waals surface area contributed by atoms with Crippen LogP contribution in [0.25, 0.3) is 33.0 Å². The quantitative estimate of drug-likeness (QED) is 0.0705. The SMILES string of the molecule is NC(=N[N+](=O)[O-])NCCCn1cc(C2=C(c3c[nH]c4ccccc34)C(=O)NC2=O)c2c(C(F)(F)F)cccc21. The molecule has 39 heavy (non-hydrogen) atoms. The first-order valence-electron chi connectivity index (χ1n) is 11.6. The van der Waals surface area contributed by atoms with E-state index in [1.54, 1.807) is 35.0 Å². The molecule has 200 valence electrons. The molecule has 4 aromatic rings. The Balaban J connectivity index is 1.66. The van der Waals surface area contributed by atoms with Crippen molar-refractivity contribution >= 4 is 50.7 Å². The van der Waals surface area contributed by atoms with Gasteiger partial charge in [0.2, 0.25) is 0 Å². The second-order valence-corrected chi connectivity index (χ2v) is 8.72. The van der Waals surface area contributed by atoms with Crippen LogP contribution in [-0.2, 0) is 22.3 Å². The number of alkyl halides is 3. The maximum absolute atomic E-state index is 14.2. The van der Waals surface area contributed by atoms with Gasteiger partial charge >= 0.3 is 6.18 Å². The molecule has 11 nitrogen and oxygen atoms in total. The number of halogens is 3. The van der Waals surface area contributed by atoms with Gasteiger partial charge < -0.3 is 20.6 Å². The van der Waals surface area contributed by atoms with Crippen LogP contribution in [-0.4, -0.2) is 38.9 Å². The molecule has 0 saturated heterocycles.